The number of nitrogens with one attached hydrogen (secondary N) is 1. The van der Waals surface area contributed by atoms with Crippen molar-refractivity contribution in [3.05, 3.63) is 21.4 Å². The molecule has 160 valence electrons. The molecule has 2 saturated heterocycles. The maximum atomic E-state index is 6.60. The number of rotatable bonds is 2. The number of hydrogen-bond acceptors (Lipinski definition) is 10. The van der Waals surface area contributed by atoms with Gasteiger partial charge in [-0.2, -0.15) is 0 Å². The van der Waals surface area contributed by atoms with Gasteiger partial charge in [0.25, 0.3) is 0 Å². The number of halogens is 1. The number of aromatic nitrogens is 3. The fourth-order valence-electron chi connectivity index (χ4n) is 4.12. The van der Waals surface area contributed by atoms with Crippen molar-refractivity contribution in [2.45, 2.75) is 33.0 Å². The monoisotopic (exact) mass is 447 g/mol. The van der Waals surface area contributed by atoms with E-state index in [9.17, 15) is 0 Å². The molecule has 5 heterocycles. The van der Waals surface area contributed by atoms with E-state index in [-0.39, 0.29) is 6.29 Å². The predicted octanol–water partition coefficient (Wildman–Crippen LogP) is 1.60. The molecular formula is C19H26ClN9S. The summed E-state index contributed by atoms with van der Waals surface area (Å²) >= 11 is 8.18. The van der Waals surface area contributed by atoms with Gasteiger partial charge in [0.05, 0.1) is 5.69 Å². The van der Waals surface area contributed by atoms with Crippen molar-refractivity contribution in [2.75, 3.05) is 44.3 Å². The molecule has 2 aromatic heterocycles. The molecule has 3 N–H and O–H groups in total. The van der Waals surface area contributed by atoms with E-state index in [1.54, 1.807) is 16.3 Å². The standard InChI is InChI=1S/C19H26ClN9S/c1-11-12(2)30-18(23-11)13-15(20)24-14-16(27-7-3-4-8-27)26-19(29(21)17(14)25-13)28-9-5-22-6-10-28/h19,22H,3-10,21H2,1-2H3. The van der Waals surface area contributed by atoms with Gasteiger partial charge in [0, 0.05) is 44.1 Å². The van der Waals surface area contributed by atoms with Gasteiger partial charge in [0.1, 0.15) is 10.7 Å². The van der Waals surface area contributed by atoms with Gasteiger partial charge in [0.15, 0.2) is 28.8 Å². The van der Waals surface area contributed by atoms with Crippen LogP contribution in [0.4, 0.5) is 5.82 Å². The molecule has 11 heteroatoms. The highest BCUT2D eigenvalue weighted by Gasteiger charge is 2.37. The van der Waals surface area contributed by atoms with E-state index in [1.165, 1.54) is 0 Å². The number of aliphatic imine (C=N–C) groups is 1. The van der Waals surface area contributed by atoms with Crippen molar-refractivity contribution >= 4 is 34.6 Å². The van der Waals surface area contributed by atoms with Crippen LogP contribution in [0.2, 0.25) is 5.15 Å². The second-order valence-corrected chi connectivity index (χ2v) is 9.44. The number of fused-ring (bicyclic) bond motifs is 1. The fourth-order valence-corrected chi connectivity index (χ4v) is 5.30. The molecule has 2 aromatic rings. The molecule has 3 aliphatic rings. The zero-order chi connectivity index (χ0) is 20.8. The Morgan fingerprint density at radius 1 is 1.03 bits per heavy atom. The van der Waals surface area contributed by atoms with Gasteiger partial charge in [0.2, 0.25) is 0 Å². The molecule has 1 unspecified atom stereocenters. The van der Waals surface area contributed by atoms with Crippen molar-refractivity contribution in [3.63, 3.8) is 0 Å². The molecule has 1 atom stereocenters. The van der Waals surface area contributed by atoms with E-state index in [0.29, 0.717) is 22.4 Å². The highest BCUT2D eigenvalue weighted by Crippen LogP contribution is 2.35. The summed E-state index contributed by atoms with van der Waals surface area (Å²) in [4.78, 5) is 25.0. The first-order valence-corrected chi connectivity index (χ1v) is 11.6. The Bertz CT molecular complexity index is 959. The predicted molar refractivity (Wildman–Crippen MR) is 120 cm³/mol. The largest absolute Gasteiger partial charge is 0.355 e. The lowest BCUT2D eigenvalue weighted by molar-refractivity contribution is 0.169. The molecule has 2 fully saturated rings. The average molecular weight is 448 g/mol. The number of anilines is 1. The van der Waals surface area contributed by atoms with Crippen LogP contribution in [0.3, 0.4) is 0 Å². The van der Waals surface area contributed by atoms with Crippen LogP contribution in [-0.4, -0.2) is 76.1 Å². The van der Waals surface area contributed by atoms with Crippen molar-refractivity contribution in [3.8, 4) is 10.7 Å². The molecule has 0 aliphatic carbocycles. The highest BCUT2D eigenvalue weighted by molar-refractivity contribution is 7.15. The molecule has 0 radical (unpaired) electrons. The van der Waals surface area contributed by atoms with E-state index in [0.717, 1.165) is 73.5 Å². The Balaban J connectivity index is 1.61. The van der Waals surface area contributed by atoms with E-state index in [1.807, 2.05) is 13.8 Å². The lowest BCUT2D eigenvalue weighted by Gasteiger charge is -2.41. The Morgan fingerprint density at radius 2 is 1.77 bits per heavy atom. The number of hydrogen-bond donors (Lipinski definition) is 2. The Labute approximate surface area is 184 Å². The van der Waals surface area contributed by atoms with E-state index in [4.69, 9.17) is 32.4 Å². The van der Waals surface area contributed by atoms with E-state index >= 15 is 0 Å². The molecule has 9 nitrogen and oxygen atoms in total. The van der Waals surface area contributed by atoms with Gasteiger partial charge >= 0.3 is 0 Å². The van der Waals surface area contributed by atoms with Crippen LogP contribution in [-0.2, 0) is 0 Å². The Hall–Kier alpha value is -1.85. The third kappa shape index (κ3) is 3.46. The first kappa shape index (κ1) is 20.1. The van der Waals surface area contributed by atoms with Crippen LogP contribution in [0.5, 0.6) is 0 Å². The molecule has 0 spiro atoms. The minimum absolute atomic E-state index is 0.307. The minimum Gasteiger partial charge on any atom is -0.355 e. The smallest absolute Gasteiger partial charge is 0.195 e. The third-order valence-corrected chi connectivity index (χ3v) is 7.24. The summed E-state index contributed by atoms with van der Waals surface area (Å²) in [5.41, 5.74) is 2.21. The highest BCUT2D eigenvalue weighted by atomic mass is 35.5. The zero-order valence-electron chi connectivity index (χ0n) is 17.2. The van der Waals surface area contributed by atoms with Crippen molar-refractivity contribution in [1.29, 1.82) is 0 Å². The number of hydrazine groups is 1. The normalized spacial score (nSPS) is 22.4. The van der Waals surface area contributed by atoms with Gasteiger partial charge in [-0.25, -0.2) is 25.8 Å². The number of amidine groups is 1. The SMILES string of the molecule is Cc1nc(-c2nc3c(nc2Cl)C(N2CCCC2)=NC(N2CCNCC2)N3N)sc1C. The molecule has 3 aliphatic heterocycles. The number of piperazine rings is 1. The van der Waals surface area contributed by atoms with Crippen LogP contribution in [0.1, 0.15) is 29.1 Å². The number of thiazole rings is 1. The molecule has 5 rings (SSSR count). The molecule has 0 saturated carbocycles. The summed E-state index contributed by atoms with van der Waals surface area (Å²) in [6.07, 6.45) is 1.99. The molecule has 0 amide bonds. The lowest BCUT2D eigenvalue weighted by Crippen LogP contribution is -2.59. The second kappa shape index (κ2) is 8.01. The molecule has 30 heavy (non-hydrogen) atoms. The number of nitrogens with two attached hydrogens (primary N) is 1. The van der Waals surface area contributed by atoms with Crippen LogP contribution in [0, 0.1) is 13.8 Å². The lowest BCUT2D eigenvalue weighted by atomic mass is 10.2. The molecule has 0 aromatic carbocycles. The maximum Gasteiger partial charge on any atom is 0.195 e. The topological polar surface area (TPSA) is 98.8 Å². The van der Waals surface area contributed by atoms with Gasteiger partial charge in [-0.3, -0.25) is 9.91 Å². The van der Waals surface area contributed by atoms with Crippen LogP contribution in [0.15, 0.2) is 4.99 Å². The summed E-state index contributed by atoms with van der Waals surface area (Å²) in [5, 5.41) is 6.13. The van der Waals surface area contributed by atoms with Crippen molar-refractivity contribution in [2.24, 2.45) is 10.8 Å². The van der Waals surface area contributed by atoms with E-state index < -0.39 is 0 Å². The van der Waals surface area contributed by atoms with Gasteiger partial charge in [-0.15, -0.1) is 11.3 Å². The number of nitrogens with zero attached hydrogens (tertiary/aromatic N) is 7. The van der Waals surface area contributed by atoms with Crippen molar-refractivity contribution in [1.82, 2.24) is 30.1 Å². The summed E-state index contributed by atoms with van der Waals surface area (Å²) in [7, 11) is 0. The average Bonchev–Trinajstić information content (AvgIpc) is 3.39. The van der Waals surface area contributed by atoms with Crippen molar-refractivity contribution < 1.29 is 0 Å². The van der Waals surface area contributed by atoms with Crippen LogP contribution < -0.4 is 16.2 Å². The second-order valence-electron chi connectivity index (χ2n) is 7.88. The number of aryl methyl sites for hydroxylation is 2. The zero-order valence-corrected chi connectivity index (χ0v) is 18.8. The third-order valence-electron chi connectivity index (χ3n) is 5.89. The van der Waals surface area contributed by atoms with Crippen LogP contribution >= 0.6 is 22.9 Å². The maximum absolute atomic E-state index is 6.60. The van der Waals surface area contributed by atoms with Gasteiger partial charge < -0.3 is 10.2 Å². The van der Waals surface area contributed by atoms with E-state index in [2.05, 4.69) is 20.1 Å². The minimum atomic E-state index is -0.307. The number of likely N-dealkylation sites (tertiary alicyclic amines) is 1. The quantitative estimate of drug-likeness (QED) is 0.670. The first-order valence-electron chi connectivity index (χ1n) is 10.4. The fraction of sp³-hybridized carbons (Fsp3) is 0.579. The first-order chi connectivity index (χ1) is 14.5. The molecule has 0 bridgehead atoms. The molecular weight excluding hydrogens is 422 g/mol. The summed E-state index contributed by atoms with van der Waals surface area (Å²) < 4.78 is 0. The van der Waals surface area contributed by atoms with Crippen LogP contribution in [0.25, 0.3) is 10.7 Å². The summed E-state index contributed by atoms with van der Waals surface area (Å²) in [5.74, 6) is 8.06. The Morgan fingerprint density at radius 3 is 2.43 bits per heavy atom. The summed E-state index contributed by atoms with van der Waals surface area (Å²) in [6.45, 7) is 9.55. The Kier molecular flexibility index (Phi) is 5.36. The van der Waals surface area contributed by atoms with Gasteiger partial charge in [-0.05, 0) is 26.7 Å². The van der Waals surface area contributed by atoms with Gasteiger partial charge in [-0.1, -0.05) is 11.6 Å². The summed E-state index contributed by atoms with van der Waals surface area (Å²) in [6, 6.07) is 0.